The van der Waals surface area contributed by atoms with Crippen molar-refractivity contribution in [3.05, 3.63) is 78.5 Å². The standard InChI is InChI=1S/C22H20N4O2/c1-28-13-12-23-22(27)20-14-18(16-8-4-2-5-9-16)24-21-15-19(25-26(20)21)17-10-6-3-7-11-17/h2-11,14-15H,12-13H2,1H3,(H,23,27). The number of nitrogens with zero attached hydrogens (tertiary/aromatic N) is 3. The minimum absolute atomic E-state index is 0.218. The molecule has 28 heavy (non-hydrogen) atoms. The Hall–Kier alpha value is -3.51. The first kappa shape index (κ1) is 17.9. The molecule has 4 aromatic rings. The maximum Gasteiger partial charge on any atom is 0.270 e. The fourth-order valence-corrected chi connectivity index (χ4v) is 3.00. The minimum atomic E-state index is -0.218. The van der Waals surface area contributed by atoms with Gasteiger partial charge < -0.3 is 10.1 Å². The number of rotatable bonds is 6. The maximum atomic E-state index is 12.8. The molecule has 0 radical (unpaired) electrons. The third-order valence-electron chi connectivity index (χ3n) is 4.39. The summed E-state index contributed by atoms with van der Waals surface area (Å²) in [6.45, 7) is 0.868. The number of carbonyl (C=O) groups is 1. The van der Waals surface area contributed by atoms with Gasteiger partial charge in [-0.1, -0.05) is 60.7 Å². The van der Waals surface area contributed by atoms with Crippen molar-refractivity contribution in [3.8, 4) is 22.5 Å². The smallest absolute Gasteiger partial charge is 0.270 e. The van der Waals surface area contributed by atoms with Gasteiger partial charge in [0.1, 0.15) is 5.69 Å². The lowest BCUT2D eigenvalue weighted by atomic mass is 10.1. The number of nitrogens with one attached hydrogen (secondary N) is 1. The number of carbonyl (C=O) groups excluding carboxylic acids is 1. The molecule has 2 heterocycles. The van der Waals surface area contributed by atoms with E-state index in [0.717, 1.165) is 22.5 Å². The average molecular weight is 372 g/mol. The van der Waals surface area contributed by atoms with E-state index in [-0.39, 0.29) is 5.91 Å². The first-order valence-corrected chi connectivity index (χ1v) is 9.05. The van der Waals surface area contributed by atoms with Gasteiger partial charge >= 0.3 is 0 Å². The van der Waals surface area contributed by atoms with E-state index < -0.39 is 0 Å². The van der Waals surface area contributed by atoms with E-state index in [1.165, 1.54) is 0 Å². The van der Waals surface area contributed by atoms with E-state index in [0.29, 0.717) is 24.5 Å². The molecule has 0 bridgehead atoms. The molecule has 0 aliphatic carbocycles. The molecule has 2 aromatic carbocycles. The van der Waals surface area contributed by atoms with Gasteiger partial charge in [0.25, 0.3) is 5.91 Å². The molecule has 0 aliphatic heterocycles. The largest absolute Gasteiger partial charge is 0.383 e. The van der Waals surface area contributed by atoms with Crippen LogP contribution in [-0.2, 0) is 4.74 Å². The second-order valence-corrected chi connectivity index (χ2v) is 6.31. The van der Waals surface area contributed by atoms with Crippen molar-refractivity contribution in [3.63, 3.8) is 0 Å². The molecule has 0 saturated carbocycles. The van der Waals surface area contributed by atoms with Crippen LogP contribution in [0.1, 0.15) is 10.5 Å². The van der Waals surface area contributed by atoms with Gasteiger partial charge in [0.05, 0.1) is 18.0 Å². The molecule has 0 atom stereocenters. The summed E-state index contributed by atoms with van der Waals surface area (Å²) in [7, 11) is 1.60. The van der Waals surface area contributed by atoms with Gasteiger partial charge in [0, 0.05) is 30.8 Å². The van der Waals surface area contributed by atoms with Crippen LogP contribution < -0.4 is 5.32 Å². The summed E-state index contributed by atoms with van der Waals surface area (Å²) in [4.78, 5) is 17.5. The Labute approximate surface area is 162 Å². The van der Waals surface area contributed by atoms with Crippen LogP contribution in [0.15, 0.2) is 72.8 Å². The minimum Gasteiger partial charge on any atom is -0.383 e. The van der Waals surface area contributed by atoms with Gasteiger partial charge in [-0.05, 0) is 6.07 Å². The second kappa shape index (κ2) is 8.02. The van der Waals surface area contributed by atoms with Gasteiger partial charge in [-0.2, -0.15) is 5.10 Å². The summed E-state index contributed by atoms with van der Waals surface area (Å²) in [5.41, 5.74) is 4.46. The number of amides is 1. The van der Waals surface area contributed by atoms with E-state index >= 15 is 0 Å². The lowest BCUT2D eigenvalue weighted by molar-refractivity contribution is 0.0929. The van der Waals surface area contributed by atoms with Crippen LogP contribution in [0.2, 0.25) is 0 Å². The number of aromatic nitrogens is 3. The molecule has 0 fully saturated rings. The summed E-state index contributed by atoms with van der Waals surface area (Å²) < 4.78 is 6.62. The van der Waals surface area contributed by atoms with Crippen LogP contribution in [0.5, 0.6) is 0 Å². The molecule has 6 heteroatoms. The zero-order valence-corrected chi connectivity index (χ0v) is 15.5. The lowest BCUT2D eigenvalue weighted by Crippen LogP contribution is -2.29. The molecule has 1 amide bonds. The fourth-order valence-electron chi connectivity index (χ4n) is 3.00. The molecule has 140 valence electrons. The van der Waals surface area contributed by atoms with Crippen LogP contribution in [0, 0.1) is 0 Å². The van der Waals surface area contributed by atoms with E-state index in [1.54, 1.807) is 17.7 Å². The number of benzene rings is 2. The Morgan fingerprint density at radius 1 is 0.964 bits per heavy atom. The fraction of sp³-hybridized carbons (Fsp3) is 0.136. The van der Waals surface area contributed by atoms with Crippen LogP contribution in [-0.4, -0.2) is 40.8 Å². The molecule has 2 aromatic heterocycles. The van der Waals surface area contributed by atoms with Crippen molar-refractivity contribution in [1.29, 1.82) is 0 Å². The molecule has 0 aliphatic rings. The molecule has 6 nitrogen and oxygen atoms in total. The van der Waals surface area contributed by atoms with Crippen molar-refractivity contribution in [2.24, 2.45) is 0 Å². The van der Waals surface area contributed by atoms with Crippen molar-refractivity contribution in [2.45, 2.75) is 0 Å². The monoisotopic (exact) mass is 372 g/mol. The Kier molecular flexibility index (Phi) is 5.12. The predicted molar refractivity (Wildman–Crippen MR) is 108 cm³/mol. The van der Waals surface area contributed by atoms with Gasteiger partial charge in [-0.3, -0.25) is 4.79 Å². The zero-order chi connectivity index (χ0) is 19.3. The van der Waals surface area contributed by atoms with E-state index in [9.17, 15) is 4.79 Å². The SMILES string of the molecule is COCCNC(=O)c1cc(-c2ccccc2)nc2cc(-c3ccccc3)nn12. The summed E-state index contributed by atoms with van der Waals surface area (Å²) >= 11 is 0. The Bertz CT molecular complexity index is 1090. The zero-order valence-electron chi connectivity index (χ0n) is 15.5. The molecular formula is C22H20N4O2. The van der Waals surface area contributed by atoms with Gasteiger partial charge in [-0.25, -0.2) is 9.50 Å². The van der Waals surface area contributed by atoms with Crippen molar-refractivity contribution < 1.29 is 9.53 Å². The first-order valence-electron chi connectivity index (χ1n) is 9.05. The number of methoxy groups -OCH3 is 1. The Morgan fingerprint density at radius 2 is 1.61 bits per heavy atom. The van der Waals surface area contributed by atoms with E-state index in [4.69, 9.17) is 9.72 Å². The van der Waals surface area contributed by atoms with Crippen molar-refractivity contribution in [1.82, 2.24) is 19.9 Å². The normalized spacial score (nSPS) is 10.9. The van der Waals surface area contributed by atoms with Gasteiger partial charge in [0.2, 0.25) is 0 Å². The van der Waals surface area contributed by atoms with Crippen molar-refractivity contribution >= 4 is 11.6 Å². The number of hydrogen-bond donors (Lipinski definition) is 1. The quantitative estimate of drug-likeness (QED) is 0.527. The van der Waals surface area contributed by atoms with E-state index in [2.05, 4.69) is 10.4 Å². The van der Waals surface area contributed by atoms with Crippen molar-refractivity contribution in [2.75, 3.05) is 20.3 Å². The van der Waals surface area contributed by atoms with Crippen LogP contribution >= 0.6 is 0 Å². The molecule has 0 unspecified atom stereocenters. The van der Waals surface area contributed by atoms with Crippen LogP contribution in [0.3, 0.4) is 0 Å². The molecule has 0 spiro atoms. The molecular weight excluding hydrogens is 352 g/mol. The molecule has 1 N–H and O–H groups in total. The highest BCUT2D eigenvalue weighted by molar-refractivity contribution is 5.94. The summed E-state index contributed by atoms with van der Waals surface area (Å²) in [5, 5.41) is 7.50. The topological polar surface area (TPSA) is 68.5 Å². The number of fused-ring (bicyclic) bond motifs is 1. The summed E-state index contributed by atoms with van der Waals surface area (Å²) in [5.74, 6) is -0.218. The Balaban J connectivity index is 1.83. The number of hydrogen-bond acceptors (Lipinski definition) is 4. The second-order valence-electron chi connectivity index (χ2n) is 6.31. The predicted octanol–water partition coefficient (Wildman–Crippen LogP) is 3.44. The average Bonchev–Trinajstić information content (AvgIpc) is 3.18. The Morgan fingerprint density at radius 3 is 2.25 bits per heavy atom. The van der Waals surface area contributed by atoms with Gasteiger partial charge in [0.15, 0.2) is 5.65 Å². The van der Waals surface area contributed by atoms with Crippen LogP contribution in [0.25, 0.3) is 28.2 Å². The van der Waals surface area contributed by atoms with Crippen LogP contribution in [0.4, 0.5) is 0 Å². The molecule has 0 saturated heterocycles. The van der Waals surface area contributed by atoms with E-state index in [1.807, 2.05) is 66.7 Å². The summed E-state index contributed by atoms with van der Waals surface area (Å²) in [6, 6.07) is 23.3. The molecule has 4 rings (SSSR count). The third-order valence-corrected chi connectivity index (χ3v) is 4.39. The maximum absolute atomic E-state index is 12.8. The highest BCUT2D eigenvalue weighted by Crippen LogP contribution is 2.23. The summed E-state index contributed by atoms with van der Waals surface area (Å²) in [6.07, 6.45) is 0. The highest BCUT2D eigenvalue weighted by atomic mass is 16.5. The first-order chi connectivity index (χ1) is 13.8. The van der Waals surface area contributed by atoms with Gasteiger partial charge in [-0.15, -0.1) is 0 Å². The third kappa shape index (κ3) is 3.63. The highest BCUT2D eigenvalue weighted by Gasteiger charge is 2.16. The number of ether oxygens (including phenoxy) is 1. The lowest BCUT2D eigenvalue weighted by Gasteiger charge is -2.09.